The van der Waals surface area contributed by atoms with Gasteiger partial charge in [0.15, 0.2) is 6.23 Å². The number of azide groups is 1. The van der Waals surface area contributed by atoms with Crippen molar-refractivity contribution in [2.45, 2.75) is 6.23 Å². The maximum absolute atomic E-state index is 7.94. The van der Waals surface area contributed by atoms with Crippen LogP contribution in [0.5, 0.6) is 0 Å². The summed E-state index contributed by atoms with van der Waals surface area (Å²) in [6, 6.07) is 0. The molecule has 1 rings (SSSR count). The summed E-state index contributed by atoms with van der Waals surface area (Å²) in [7, 11) is 0. The van der Waals surface area contributed by atoms with Gasteiger partial charge in [-0.15, -0.1) is 0 Å². The fourth-order valence-corrected chi connectivity index (χ4v) is 0.492. The maximum atomic E-state index is 7.94. The van der Waals surface area contributed by atoms with Gasteiger partial charge in [0.25, 0.3) is 0 Å². The summed E-state index contributed by atoms with van der Waals surface area (Å²) in [5, 5.41) is 3.30. The van der Waals surface area contributed by atoms with E-state index in [9.17, 15) is 0 Å². The minimum absolute atomic E-state index is 0.458. The van der Waals surface area contributed by atoms with Crippen molar-refractivity contribution in [3.8, 4) is 0 Å². The molecule has 0 spiro atoms. The van der Waals surface area contributed by atoms with Crippen molar-refractivity contribution in [1.82, 2.24) is 0 Å². The number of ether oxygens (including phenoxy) is 1. The van der Waals surface area contributed by atoms with Crippen LogP contribution in [-0.4, -0.2) is 6.23 Å². The zero-order valence-electron chi connectivity index (χ0n) is 4.64. The van der Waals surface area contributed by atoms with Crippen LogP contribution in [0.3, 0.4) is 0 Å². The second-order valence-corrected chi connectivity index (χ2v) is 1.44. The van der Waals surface area contributed by atoms with Gasteiger partial charge in [0.1, 0.15) is 0 Å². The molecule has 9 heavy (non-hydrogen) atoms. The minimum Gasteiger partial charge on any atom is -0.488 e. The summed E-state index contributed by atoms with van der Waals surface area (Å²) < 4.78 is 4.83. The van der Waals surface area contributed by atoms with Gasteiger partial charge in [0.05, 0.1) is 6.26 Å². The fraction of sp³-hybridized carbons (Fsp3) is 0.200. The Morgan fingerprint density at radius 3 is 3.00 bits per heavy atom. The average Bonchev–Trinajstić information content (AvgIpc) is 1.91. The third-order valence-corrected chi connectivity index (χ3v) is 0.849. The first kappa shape index (κ1) is 5.72. The third kappa shape index (κ3) is 1.51. The van der Waals surface area contributed by atoms with Gasteiger partial charge >= 0.3 is 0 Å². The fourth-order valence-electron chi connectivity index (χ4n) is 0.492. The highest BCUT2D eigenvalue weighted by atomic mass is 16.5. The first-order valence-corrected chi connectivity index (χ1v) is 2.46. The molecule has 0 aromatic carbocycles. The molecule has 0 radical (unpaired) electrons. The van der Waals surface area contributed by atoms with Crippen LogP contribution < -0.4 is 0 Å². The molecule has 0 aromatic heterocycles. The molecule has 4 nitrogen and oxygen atoms in total. The number of rotatable bonds is 1. The highest BCUT2D eigenvalue weighted by molar-refractivity contribution is 5.06. The standard InChI is InChI=1S/C5H5N3O/c6-8-7-5-3-1-2-4-9-5/h1-5H. The molecule has 1 atom stereocenters. The summed E-state index contributed by atoms with van der Waals surface area (Å²) in [5.74, 6) is 0. The van der Waals surface area contributed by atoms with Gasteiger partial charge in [-0.25, -0.2) is 0 Å². The Morgan fingerprint density at radius 1 is 1.56 bits per heavy atom. The van der Waals surface area contributed by atoms with Gasteiger partial charge in [-0.1, -0.05) is 6.08 Å². The zero-order chi connectivity index (χ0) is 6.53. The van der Waals surface area contributed by atoms with Gasteiger partial charge in [-0.3, -0.25) is 0 Å². The zero-order valence-corrected chi connectivity index (χ0v) is 4.64. The average molecular weight is 123 g/mol. The van der Waals surface area contributed by atoms with E-state index < -0.39 is 6.23 Å². The Kier molecular flexibility index (Phi) is 1.77. The summed E-state index contributed by atoms with van der Waals surface area (Å²) in [5.41, 5.74) is 7.94. The lowest BCUT2D eigenvalue weighted by atomic mass is 10.4. The van der Waals surface area contributed by atoms with Gasteiger partial charge in [0, 0.05) is 4.91 Å². The van der Waals surface area contributed by atoms with Crippen LogP contribution in [0.1, 0.15) is 0 Å². The summed E-state index contributed by atoms with van der Waals surface area (Å²) in [4.78, 5) is 2.57. The highest BCUT2D eigenvalue weighted by Crippen LogP contribution is 2.02. The van der Waals surface area contributed by atoms with Crippen molar-refractivity contribution >= 4 is 0 Å². The molecule has 0 amide bonds. The van der Waals surface area contributed by atoms with Crippen LogP contribution in [0.15, 0.2) is 29.6 Å². The monoisotopic (exact) mass is 123 g/mol. The van der Waals surface area contributed by atoms with Crippen molar-refractivity contribution in [3.05, 3.63) is 34.9 Å². The van der Waals surface area contributed by atoms with E-state index in [1.807, 2.05) is 0 Å². The second kappa shape index (κ2) is 2.79. The Balaban J connectivity index is 2.55. The van der Waals surface area contributed by atoms with E-state index in [1.54, 1.807) is 18.2 Å². The lowest BCUT2D eigenvalue weighted by Crippen LogP contribution is -2.01. The Morgan fingerprint density at radius 2 is 2.44 bits per heavy atom. The van der Waals surface area contributed by atoms with Crippen molar-refractivity contribution in [2.75, 3.05) is 0 Å². The van der Waals surface area contributed by atoms with Crippen LogP contribution in [0.25, 0.3) is 10.4 Å². The largest absolute Gasteiger partial charge is 0.488 e. The SMILES string of the molecule is [N-]=[N+]=NC1C=CC=CO1. The van der Waals surface area contributed by atoms with E-state index in [0.717, 1.165) is 0 Å². The van der Waals surface area contributed by atoms with E-state index in [4.69, 9.17) is 10.3 Å². The van der Waals surface area contributed by atoms with Gasteiger partial charge in [-0.2, -0.15) is 0 Å². The molecule has 46 valence electrons. The first-order chi connectivity index (χ1) is 4.43. The molecule has 1 aliphatic heterocycles. The number of allylic oxidation sites excluding steroid dienone is 2. The maximum Gasteiger partial charge on any atom is 0.195 e. The highest BCUT2D eigenvalue weighted by Gasteiger charge is 1.99. The molecule has 0 fully saturated rings. The molecule has 1 unspecified atom stereocenters. The van der Waals surface area contributed by atoms with E-state index in [2.05, 4.69) is 10.0 Å². The Hall–Kier alpha value is -1.41. The van der Waals surface area contributed by atoms with E-state index in [-0.39, 0.29) is 0 Å². The molecule has 0 saturated heterocycles. The smallest absolute Gasteiger partial charge is 0.195 e. The molecule has 0 aromatic rings. The molecular weight excluding hydrogens is 118 g/mol. The van der Waals surface area contributed by atoms with Crippen molar-refractivity contribution in [2.24, 2.45) is 5.11 Å². The molecule has 0 aliphatic carbocycles. The van der Waals surface area contributed by atoms with Gasteiger partial charge < -0.3 is 4.74 Å². The minimum atomic E-state index is -0.458. The number of hydrogen-bond donors (Lipinski definition) is 0. The molecule has 1 heterocycles. The number of nitrogens with zero attached hydrogens (tertiary/aromatic N) is 3. The van der Waals surface area contributed by atoms with Gasteiger partial charge in [0.2, 0.25) is 0 Å². The molecule has 0 N–H and O–H groups in total. The third-order valence-electron chi connectivity index (χ3n) is 0.849. The van der Waals surface area contributed by atoms with Gasteiger partial charge in [-0.05, 0) is 22.8 Å². The van der Waals surface area contributed by atoms with Crippen LogP contribution in [0.4, 0.5) is 0 Å². The quantitative estimate of drug-likeness (QED) is 0.297. The normalized spacial score (nSPS) is 22.4. The van der Waals surface area contributed by atoms with Crippen molar-refractivity contribution in [1.29, 1.82) is 0 Å². The second-order valence-electron chi connectivity index (χ2n) is 1.44. The van der Waals surface area contributed by atoms with Crippen LogP contribution >= 0.6 is 0 Å². The first-order valence-electron chi connectivity index (χ1n) is 2.46. The number of hydrogen-bond acceptors (Lipinski definition) is 2. The Bertz CT molecular complexity index is 190. The summed E-state index contributed by atoms with van der Waals surface area (Å²) in [6.07, 6.45) is 6.19. The predicted molar refractivity (Wildman–Crippen MR) is 32.3 cm³/mol. The van der Waals surface area contributed by atoms with Crippen LogP contribution in [-0.2, 0) is 4.74 Å². The molecule has 0 saturated carbocycles. The van der Waals surface area contributed by atoms with Crippen molar-refractivity contribution in [3.63, 3.8) is 0 Å². The molecule has 1 aliphatic rings. The van der Waals surface area contributed by atoms with Crippen LogP contribution in [0.2, 0.25) is 0 Å². The topological polar surface area (TPSA) is 58.0 Å². The summed E-state index contributed by atoms with van der Waals surface area (Å²) in [6.45, 7) is 0. The lowest BCUT2D eigenvalue weighted by Gasteiger charge is -2.06. The molecule has 4 heteroatoms. The summed E-state index contributed by atoms with van der Waals surface area (Å²) >= 11 is 0. The molecular formula is C5H5N3O. The predicted octanol–water partition coefficient (Wildman–Crippen LogP) is 1.72. The molecule has 0 bridgehead atoms. The van der Waals surface area contributed by atoms with E-state index in [1.165, 1.54) is 6.26 Å². The van der Waals surface area contributed by atoms with E-state index in [0.29, 0.717) is 0 Å². The van der Waals surface area contributed by atoms with Crippen molar-refractivity contribution < 1.29 is 4.74 Å². The lowest BCUT2D eigenvalue weighted by molar-refractivity contribution is 0.190. The Labute approximate surface area is 52.1 Å². The van der Waals surface area contributed by atoms with E-state index >= 15 is 0 Å². The van der Waals surface area contributed by atoms with Crippen LogP contribution in [0, 0.1) is 0 Å².